The fourth-order valence-electron chi connectivity index (χ4n) is 3.43. The van der Waals surface area contributed by atoms with Crippen molar-refractivity contribution in [2.75, 3.05) is 6.54 Å². The van der Waals surface area contributed by atoms with E-state index in [0.29, 0.717) is 22.3 Å². The highest BCUT2D eigenvalue weighted by molar-refractivity contribution is 8.26. The topological polar surface area (TPSA) is 62.5 Å². The van der Waals surface area contributed by atoms with Gasteiger partial charge in [-0.15, -0.1) is 0 Å². The van der Waals surface area contributed by atoms with Crippen LogP contribution < -0.4 is 0 Å². The Hall–Kier alpha value is -2.90. The quantitative estimate of drug-likeness (QED) is 0.481. The van der Waals surface area contributed by atoms with E-state index in [0.717, 1.165) is 22.0 Å². The standard InChI is InChI=1S/C22H18N2O3S2/c1-2-24-20(25)19(29-22(24)28)11-16-13-23(18-9-4-3-8-17(16)18)12-14-6-5-7-15(10-14)21(26)27/h3-11,13H,2,12H2,1H3,(H,26,27). The molecule has 7 heteroatoms. The molecule has 1 aliphatic heterocycles. The van der Waals surface area contributed by atoms with Gasteiger partial charge in [-0.3, -0.25) is 9.69 Å². The van der Waals surface area contributed by atoms with Crippen LogP contribution in [0.2, 0.25) is 0 Å². The first-order chi connectivity index (χ1) is 14.0. The van der Waals surface area contributed by atoms with Crippen molar-refractivity contribution in [3.63, 3.8) is 0 Å². The molecule has 1 N–H and O–H groups in total. The highest BCUT2D eigenvalue weighted by atomic mass is 32.2. The first-order valence-corrected chi connectivity index (χ1v) is 10.4. The maximum atomic E-state index is 12.6. The molecule has 0 radical (unpaired) electrons. The van der Waals surface area contributed by atoms with Crippen molar-refractivity contribution in [3.05, 3.63) is 76.3 Å². The fourth-order valence-corrected chi connectivity index (χ4v) is 4.81. The molecule has 0 bridgehead atoms. The van der Waals surface area contributed by atoms with Gasteiger partial charge in [0.1, 0.15) is 4.32 Å². The lowest BCUT2D eigenvalue weighted by molar-refractivity contribution is -0.121. The first kappa shape index (κ1) is 19.4. The minimum Gasteiger partial charge on any atom is -0.478 e. The van der Waals surface area contributed by atoms with Gasteiger partial charge in [0.15, 0.2) is 0 Å². The van der Waals surface area contributed by atoms with Crippen molar-refractivity contribution in [1.29, 1.82) is 0 Å². The van der Waals surface area contributed by atoms with Gasteiger partial charge in [-0.25, -0.2) is 4.79 Å². The zero-order chi connectivity index (χ0) is 20.5. The number of benzene rings is 2. The average Bonchev–Trinajstić information content (AvgIpc) is 3.19. The largest absolute Gasteiger partial charge is 0.478 e. The van der Waals surface area contributed by atoms with Crippen LogP contribution in [-0.4, -0.2) is 37.3 Å². The van der Waals surface area contributed by atoms with E-state index in [1.807, 2.05) is 49.5 Å². The number of para-hydroxylation sites is 1. The summed E-state index contributed by atoms with van der Waals surface area (Å²) in [5, 5.41) is 10.3. The maximum Gasteiger partial charge on any atom is 0.335 e. The number of thiocarbonyl (C=S) groups is 1. The summed E-state index contributed by atoms with van der Waals surface area (Å²) < 4.78 is 2.65. The lowest BCUT2D eigenvalue weighted by atomic mass is 10.1. The second-order valence-electron chi connectivity index (χ2n) is 6.66. The Morgan fingerprint density at radius 1 is 1.21 bits per heavy atom. The lowest BCUT2D eigenvalue weighted by Crippen LogP contribution is -2.27. The minimum atomic E-state index is -0.942. The molecule has 2 heterocycles. The molecule has 1 aromatic heterocycles. The molecule has 2 aromatic carbocycles. The van der Waals surface area contributed by atoms with E-state index >= 15 is 0 Å². The summed E-state index contributed by atoms with van der Waals surface area (Å²) in [5.41, 5.74) is 3.12. The smallest absolute Gasteiger partial charge is 0.335 e. The number of carbonyl (C=O) groups is 2. The van der Waals surface area contributed by atoms with Crippen LogP contribution in [0.3, 0.4) is 0 Å². The molecule has 0 unspecified atom stereocenters. The van der Waals surface area contributed by atoms with Crippen LogP contribution >= 0.6 is 24.0 Å². The number of fused-ring (bicyclic) bond motifs is 1. The molecule has 146 valence electrons. The van der Waals surface area contributed by atoms with Gasteiger partial charge in [-0.05, 0) is 36.8 Å². The first-order valence-electron chi connectivity index (χ1n) is 9.13. The summed E-state index contributed by atoms with van der Waals surface area (Å²) in [6.07, 6.45) is 3.89. The van der Waals surface area contributed by atoms with Crippen LogP contribution in [0, 0.1) is 0 Å². The SMILES string of the molecule is CCN1C(=O)C(=Cc2cn(Cc3cccc(C(=O)O)c3)c3ccccc23)SC1=S. The van der Waals surface area contributed by atoms with E-state index in [-0.39, 0.29) is 11.5 Å². The van der Waals surface area contributed by atoms with Crippen LogP contribution in [0.5, 0.6) is 0 Å². The summed E-state index contributed by atoms with van der Waals surface area (Å²) in [6.45, 7) is 3.00. The van der Waals surface area contributed by atoms with E-state index in [9.17, 15) is 14.7 Å². The number of aromatic nitrogens is 1. The number of hydrogen-bond acceptors (Lipinski definition) is 4. The van der Waals surface area contributed by atoms with Gasteiger partial charge in [0.05, 0.1) is 10.5 Å². The monoisotopic (exact) mass is 422 g/mol. The Kier molecular flexibility index (Phi) is 5.25. The van der Waals surface area contributed by atoms with Crippen LogP contribution in [-0.2, 0) is 11.3 Å². The number of likely N-dealkylation sites (N-methyl/N-ethyl adjacent to an activating group) is 1. The van der Waals surface area contributed by atoms with Crippen molar-refractivity contribution in [1.82, 2.24) is 9.47 Å². The minimum absolute atomic E-state index is 0.0616. The zero-order valence-electron chi connectivity index (χ0n) is 15.7. The van der Waals surface area contributed by atoms with Gasteiger partial charge in [0, 0.05) is 35.8 Å². The van der Waals surface area contributed by atoms with Crippen molar-refractivity contribution in [2.45, 2.75) is 13.5 Å². The Balaban J connectivity index is 1.74. The zero-order valence-corrected chi connectivity index (χ0v) is 17.3. The van der Waals surface area contributed by atoms with Crippen molar-refractivity contribution >= 4 is 57.2 Å². The summed E-state index contributed by atoms with van der Waals surface area (Å²) in [4.78, 5) is 26.1. The van der Waals surface area contributed by atoms with Crippen molar-refractivity contribution in [2.24, 2.45) is 0 Å². The molecule has 0 spiro atoms. The summed E-state index contributed by atoms with van der Waals surface area (Å²) in [7, 11) is 0. The molecular formula is C22H18N2O3S2. The van der Waals surface area contributed by atoms with Gasteiger partial charge in [0.2, 0.25) is 0 Å². The highest BCUT2D eigenvalue weighted by Gasteiger charge is 2.30. The number of aromatic carboxylic acids is 1. The molecular weight excluding hydrogens is 404 g/mol. The average molecular weight is 423 g/mol. The van der Waals surface area contributed by atoms with E-state index in [1.165, 1.54) is 11.8 Å². The number of rotatable bonds is 5. The Labute approximate surface area is 177 Å². The number of carbonyl (C=O) groups excluding carboxylic acids is 1. The van der Waals surface area contributed by atoms with E-state index in [1.54, 1.807) is 23.1 Å². The summed E-state index contributed by atoms with van der Waals surface area (Å²) in [5.74, 6) is -1.00. The molecule has 1 amide bonds. The van der Waals surface area contributed by atoms with Gasteiger partial charge in [0.25, 0.3) is 5.91 Å². The van der Waals surface area contributed by atoms with Crippen LogP contribution in [0.4, 0.5) is 0 Å². The molecule has 0 aliphatic carbocycles. The van der Waals surface area contributed by atoms with E-state index in [2.05, 4.69) is 4.57 Å². The Bertz CT molecular complexity index is 1180. The molecule has 29 heavy (non-hydrogen) atoms. The predicted molar refractivity (Wildman–Crippen MR) is 120 cm³/mol. The molecule has 4 rings (SSSR count). The molecule has 0 atom stereocenters. The van der Waals surface area contributed by atoms with Gasteiger partial charge < -0.3 is 9.67 Å². The highest BCUT2D eigenvalue weighted by Crippen LogP contribution is 2.34. The van der Waals surface area contributed by atoms with Crippen LogP contribution in [0.15, 0.2) is 59.6 Å². The third-order valence-electron chi connectivity index (χ3n) is 4.82. The predicted octanol–water partition coefficient (Wildman–Crippen LogP) is 4.61. The molecule has 5 nitrogen and oxygen atoms in total. The molecule has 1 fully saturated rings. The van der Waals surface area contributed by atoms with Crippen LogP contribution in [0.25, 0.3) is 17.0 Å². The number of thioether (sulfide) groups is 1. The second kappa shape index (κ2) is 7.85. The maximum absolute atomic E-state index is 12.6. The van der Waals surface area contributed by atoms with Gasteiger partial charge in [-0.2, -0.15) is 0 Å². The second-order valence-corrected chi connectivity index (χ2v) is 8.34. The summed E-state index contributed by atoms with van der Waals surface area (Å²) >= 11 is 6.63. The third kappa shape index (κ3) is 3.71. The molecule has 1 aliphatic rings. The van der Waals surface area contributed by atoms with Gasteiger partial charge >= 0.3 is 5.97 Å². The van der Waals surface area contributed by atoms with E-state index < -0.39 is 5.97 Å². The fraction of sp³-hybridized carbons (Fsp3) is 0.136. The Morgan fingerprint density at radius 3 is 2.72 bits per heavy atom. The molecule has 1 saturated heterocycles. The van der Waals surface area contributed by atoms with Crippen molar-refractivity contribution < 1.29 is 14.7 Å². The van der Waals surface area contributed by atoms with Crippen LogP contribution in [0.1, 0.15) is 28.4 Å². The van der Waals surface area contributed by atoms with Crippen molar-refractivity contribution in [3.8, 4) is 0 Å². The number of hydrogen-bond donors (Lipinski definition) is 1. The Morgan fingerprint density at radius 2 is 2.00 bits per heavy atom. The summed E-state index contributed by atoms with van der Waals surface area (Å²) in [6, 6.07) is 14.9. The number of carboxylic acids is 1. The third-order valence-corrected chi connectivity index (χ3v) is 6.20. The number of carboxylic acid groups (broad SMARTS) is 1. The molecule has 3 aromatic rings. The number of nitrogens with zero attached hydrogens (tertiary/aromatic N) is 2. The van der Waals surface area contributed by atoms with Gasteiger partial charge in [-0.1, -0.05) is 54.3 Å². The van der Waals surface area contributed by atoms with E-state index in [4.69, 9.17) is 12.2 Å². The molecule has 0 saturated carbocycles. The lowest BCUT2D eigenvalue weighted by Gasteiger charge is -2.09. The normalized spacial score (nSPS) is 15.6. The number of amides is 1.